The molecule has 1 aliphatic heterocycles. The smallest absolute Gasteiger partial charge is 0.470 e. The van der Waals surface area contributed by atoms with Crippen molar-refractivity contribution in [1.82, 2.24) is 5.32 Å². The van der Waals surface area contributed by atoms with Crippen molar-refractivity contribution in [1.29, 1.82) is 0 Å². The van der Waals surface area contributed by atoms with Crippen LogP contribution in [0.3, 0.4) is 0 Å². The van der Waals surface area contributed by atoms with Crippen molar-refractivity contribution in [3.05, 3.63) is 0 Å². The summed E-state index contributed by atoms with van der Waals surface area (Å²) >= 11 is 0. The molecule has 4 N–H and O–H groups in total. The molecule has 0 aromatic heterocycles. The molecular weight excluding hydrogens is 845 g/mol. The highest BCUT2D eigenvalue weighted by Gasteiger charge is 2.54. The number of rotatable bonds is 43. The van der Waals surface area contributed by atoms with Gasteiger partial charge in [-0.2, -0.15) is 0 Å². The summed E-state index contributed by atoms with van der Waals surface area (Å²) < 4.78 is 48.4. The normalized spacial score (nSPS) is 19.3. The van der Waals surface area contributed by atoms with Gasteiger partial charge in [0.05, 0.1) is 6.42 Å². The molecule has 15 heteroatoms. The first-order valence-electron chi connectivity index (χ1n) is 25.7. The summed E-state index contributed by atoms with van der Waals surface area (Å²) in [6, 6.07) is -1.68. The number of carboxylic acids is 1. The minimum absolute atomic E-state index is 0.00692. The number of phosphoric ester groups is 1. The summed E-state index contributed by atoms with van der Waals surface area (Å²) in [6.45, 7) is 5.15. The Morgan fingerprint density at radius 3 is 1.41 bits per heavy atom. The number of alkyl halides is 1. The highest BCUT2D eigenvalue weighted by Crippen LogP contribution is 2.42. The third-order valence-corrected chi connectivity index (χ3v) is 12.8. The SMILES string of the molecule is CCCCCCCCCCCCCC(=O)N[C@@H]1[C@@H](OC(=O)C[C@@H](CCCCCCCCCCC)OC(=O)CCCCCCCCCCCCC)[C@H](OP(=O)(O)O)[C@@H](CF)O[C@@H]1C(=O)O. The van der Waals surface area contributed by atoms with Crippen molar-refractivity contribution in [3.8, 4) is 0 Å². The lowest BCUT2D eigenvalue weighted by Gasteiger charge is -2.44. The van der Waals surface area contributed by atoms with E-state index < -0.39 is 81.3 Å². The van der Waals surface area contributed by atoms with Crippen molar-refractivity contribution in [2.75, 3.05) is 6.67 Å². The van der Waals surface area contributed by atoms with Crippen LogP contribution in [0.2, 0.25) is 0 Å². The molecule has 0 radical (unpaired) electrons. The molecule has 0 unspecified atom stereocenters. The molecule has 0 spiro atoms. The van der Waals surface area contributed by atoms with Gasteiger partial charge in [0.25, 0.3) is 0 Å². The predicted octanol–water partition coefficient (Wildman–Crippen LogP) is 12.3. The molecule has 64 heavy (non-hydrogen) atoms. The second-order valence-electron chi connectivity index (χ2n) is 18.2. The summed E-state index contributed by atoms with van der Waals surface area (Å²) in [5, 5.41) is 12.7. The van der Waals surface area contributed by atoms with Crippen LogP contribution in [0, 0.1) is 0 Å². The zero-order chi connectivity index (χ0) is 47.3. The first-order chi connectivity index (χ1) is 30.9. The monoisotopic (exact) mass is 936 g/mol. The number of aliphatic carboxylic acids is 1. The minimum Gasteiger partial charge on any atom is -0.479 e. The van der Waals surface area contributed by atoms with E-state index in [0.29, 0.717) is 25.7 Å². The Hall–Kier alpha value is -2.12. The third-order valence-electron chi connectivity index (χ3n) is 12.3. The van der Waals surface area contributed by atoms with Gasteiger partial charge in [-0.15, -0.1) is 0 Å². The van der Waals surface area contributed by atoms with Gasteiger partial charge in [0.2, 0.25) is 5.91 Å². The largest absolute Gasteiger partial charge is 0.479 e. The maximum Gasteiger partial charge on any atom is 0.470 e. The van der Waals surface area contributed by atoms with Crippen molar-refractivity contribution in [2.24, 2.45) is 0 Å². The van der Waals surface area contributed by atoms with Gasteiger partial charge in [0, 0.05) is 12.8 Å². The van der Waals surface area contributed by atoms with Crippen LogP contribution < -0.4 is 5.32 Å². The van der Waals surface area contributed by atoms with Gasteiger partial charge in [-0.3, -0.25) is 18.9 Å². The van der Waals surface area contributed by atoms with Crippen LogP contribution in [0.25, 0.3) is 0 Å². The Morgan fingerprint density at radius 2 is 1.00 bits per heavy atom. The number of unbranched alkanes of at least 4 members (excludes halogenated alkanes) is 28. The number of carboxylic acid groups (broad SMARTS) is 1. The second kappa shape index (κ2) is 38.9. The van der Waals surface area contributed by atoms with Gasteiger partial charge < -0.3 is 34.4 Å². The maximum absolute atomic E-state index is 14.4. The Balaban J connectivity index is 3.01. The van der Waals surface area contributed by atoms with Crippen LogP contribution in [-0.4, -0.2) is 81.9 Å². The zero-order valence-corrected chi connectivity index (χ0v) is 41.2. The van der Waals surface area contributed by atoms with Gasteiger partial charge >= 0.3 is 25.7 Å². The topological polar surface area (TPSA) is 195 Å². The van der Waals surface area contributed by atoms with E-state index in [1.54, 1.807) is 0 Å². The number of carbonyl (C=O) groups excluding carboxylic acids is 3. The highest BCUT2D eigenvalue weighted by atomic mass is 31.2. The van der Waals surface area contributed by atoms with E-state index in [9.17, 15) is 43.0 Å². The Kier molecular flexibility index (Phi) is 36.4. The average Bonchev–Trinajstić information content (AvgIpc) is 3.24. The van der Waals surface area contributed by atoms with Crippen LogP contribution in [-0.2, 0) is 42.5 Å². The van der Waals surface area contributed by atoms with Gasteiger partial charge in [-0.05, 0) is 25.7 Å². The first kappa shape index (κ1) is 59.9. The van der Waals surface area contributed by atoms with E-state index in [0.717, 1.165) is 70.6 Å². The van der Waals surface area contributed by atoms with Gasteiger partial charge in [-0.1, -0.05) is 201 Å². The van der Waals surface area contributed by atoms with Crippen LogP contribution in [0.5, 0.6) is 0 Å². The molecule has 0 bridgehead atoms. The van der Waals surface area contributed by atoms with Gasteiger partial charge in [0.1, 0.15) is 31.0 Å². The van der Waals surface area contributed by atoms with Crippen molar-refractivity contribution < 1.29 is 61.8 Å². The fourth-order valence-corrected chi connectivity index (χ4v) is 9.09. The number of phosphoric acid groups is 1. The lowest BCUT2D eigenvalue weighted by atomic mass is 9.92. The Labute approximate surface area is 386 Å². The van der Waals surface area contributed by atoms with Gasteiger partial charge in [0.15, 0.2) is 12.2 Å². The molecule has 1 amide bonds. The van der Waals surface area contributed by atoms with Crippen LogP contribution in [0.15, 0.2) is 0 Å². The van der Waals surface area contributed by atoms with Crippen molar-refractivity contribution >= 4 is 31.6 Å². The second-order valence-corrected chi connectivity index (χ2v) is 19.4. The number of esters is 2. The molecule has 1 heterocycles. The number of hydrogen-bond acceptors (Lipinski definition) is 9. The van der Waals surface area contributed by atoms with E-state index in [2.05, 4.69) is 26.1 Å². The molecule has 6 atom stereocenters. The molecule has 1 saturated heterocycles. The lowest BCUT2D eigenvalue weighted by Crippen LogP contribution is -2.67. The third kappa shape index (κ3) is 31.0. The molecule has 0 saturated carbocycles. The van der Waals surface area contributed by atoms with E-state index in [-0.39, 0.29) is 12.8 Å². The Bertz CT molecular complexity index is 1250. The quantitative estimate of drug-likeness (QED) is 0.0257. The molecule has 0 aromatic rings. The number of nitrogens with one attached hydrogen (secondary N) is 1. The number of halogens is 1. The summed E-state index contributed by atoms with van der Waals surface area (Å²) in [5.41, 5.74) is 0. The van der Waals surface area contributed by atoms with E-state index in [4.69, 9.17) is 18.7 Å². The number of hydrogen-bond donors (Lipinski definition) is 4. The van der Waals surface area contributed by atoms with Crippen molar-refractivity contribution in [2.45, 2.75) is 282 Å². The minimum atomic E-state index is -5.38. The van der Waals surface area contributed by atoms with E-state index in [1.165, 1.54) is 109 Å². The molecule has 1 fully saturated rings. The molecule has 0 aromatic carbocycles. The molecule has 1 aliphatic rings. The fourth-order valence-electron chi connectivity index (χ4n) is 8.52. The molecular formula is C49H91FNO12P. The number of ether oxygens (including phenoxy) is 3. The first-order valence-corrected chi connectivity index (χ1v) is 27.3. The summed E-state index contributed by atoms with van der Waals surface area (Å²) in [7, 11) is -5.38. The van der Waals surface area contributed by atoms with Gasteiger partial charge in [-0.25, -0.2) is 13.8 Å². The predicted molar refractivity (Wildman–Crippen MR) is 249 cm³/mol. The Morgan fingerprint density at radius 1 is 0.594 bits per heavy atom. The number of amides is 1. The fraction of sp³-hybridized carbons (Fsp3) is 0.918. The van der Waals surface area contributed by atoms with E-state index >= 15 is 0 Å². The molecule has 1 rings (SSSR count). The average molecular weight is 936 g/mol. The van der Waals surface area contributed by atoms with Crippen molar-refractivity contribution in [3.63, 3.8) is 0 Å². The number of carbonyl (C=O) groups is 4. The summed E-state index contributed by atoms with van der Waals surface area (Å²) in [6.07, 6.45) is 25.2. The van der Waals surface area contributed by atoms with Crippen LogP contribution in [0.1, 0.15) is 245 Å². The summed E-state index contributed by atoms with van der Waals surface area (Å²) in [4.78, 5) is 72.2. The highest BCUT2D eigenvalue weighted by molar-refractivity contribution is 7.46. The maximum atomic E-state index is 14.4. The van der Waals surface area contributed by atoms with Crippen LogP contribution in [0.4, 0.5) is 4.39 Å². The molecule has 13 nitrogen and oxygen atoms in total. The molecule has 0 aliphatic carbocycles. The molecule has 376 valence electrons. The standard InChI is InChI=1S/C49H91FNO12P/c1-4-7-10-13-16-19-21-24-27-30-33-36-42(52)51-45-47(46(63-64(57,58)59)41(39-50)61-48(45)49(55)56)62-44(54)38-40(35-32-29-26-23-18-15-12-9-6-3)60-43(53)37-34-31-28-25-22-20-17-14-11-8-5-2/h40-41,45-48H,4-39H2,1-3H3,(H,51,52)(H,55,56)(H2,57,58,59)/t40-,41-,45-,46-,47-,48+/m1/s1. The zero-order valence-electron chi connectivity index (χ0n) is 40.3. The van der Waals surface area contributed by atoms with E-state index in [1.807, 2.05) is 0 Å². The lowest BCUT2D eigenvalue weighted by molar-refractivity contribution is -0.212. The summed E-state index contributed by atoms with van der Waals surface area (Å²) in [5.74, 6) is -3.63. The van der Waals surface area contributed by atoms with Crippen LogP contribution >= 0.6 is 7.82 Å².